The van der Waals surface area contributed by atoms with E-state index in [1.807, 2.05) is 11.8 Å². The molecule has 1 saturated carbocycles. The largest absolute Gasteiger partial charge is 0.481 e. The average molecular weight is 329 g/mol. The van der Waals surface area contributed by atoms with E-state index in [-0.39, 0.29) is 5.75 Å². The maximum atomic E-state index is 10.8. The first-order chi connectivity index (χ1) is 10.0. The van der Waals surface area contributed by atoms with Gasteiger partial charge in [0.15, 0.2) is 5.16 Å². The maximum absolute atomic E-state index is 10.8. The van der Waals surface area contributed by atoms with Crippen molar-refractivity contribution >= 4 is 29.5 Å². The summed E-state index contributed by atoms with van der Waals surface area (Å²) in [6, 6.07) is 0.414. The minimum Gasteiger partial charge on any atom is -0.481 e. The van der Waals surface area contributed by atoms with Gasteiger partial charge in [0, 0.05) is 17.2 Å². The molecule has 1 N–H and O–H groups in total. The van der Waals surface area contributed by atoms with Gasteiger partial charge in [-0.2, -0.15) is 11.8 Å². The Hall–Kier alpha value is -0.690. The fourth-order valence-corrected chi connectivity index (χ4v) is 4.27. The molecule has 0 radical (unpaired) electrons. The number of aliphatic carboxylic acids is 1. The summed E-state index contributed by atoms with van der Waals surface area (Å²) in [5.41, 5.74) is 0. The lowest BCUT2D eigenvalue weighted by Crippen LogP contribution is -2.22. The van der Waals surface area contributed by atoms with Gasteiger partial charge in [0.25, 0.3) is 0 Å². The molecular weight excluding hydrogens is 306 g/mol. The Labute approximate surface area is 134 Å². The number of nitrogens with zero attached hydrogens (tertiary/aromatic N) is 3. The van der Waals surface area contributed by atoms with Crippen molar-refractivity contribution in [3.05, 3.63) is 5.82 Å². The molecule has 0 saturated heterocycles. The van der Waals surface area contributed by atoms with E-state index < -0.39 is 5.97 Å². The van der Waals surface area contributed by atoms with Gasteiger partial charge in [0.1, 0.15) is 5.82 Å². The van der Waals surface area contributed by atoms with Gasteiger partial charge in [0.2, 0.25) is 0 Å². The van der Waals surface area contributed by atoms with E-state index in [1.165, 1.54) is 24.6 Å². The molecule has 7 heteroatoms. The van der Waals surface area contributed by atoms with E-state index >= 15 is 0 Å². The van der Waals surface area contributed by atoms with E-state index in [0.29, 0.717) is 12.0 Å². The van der Waals surface area contributed by atoms with Crippen molar-refractivity contribution < 1.29 is 9.90 Å². The number of hydrogen-bond donors (Lipinski definition) is 1. The molecule has 5 nitrogen and oxygen atoms in total. The van der Waals surface area contributed by atoms with E-state index in [2.05, 4.69) is 34.9 Å². The van der Waals surface area contributed by atoms with Crippen LogP contribution in [0.4, 0.5) is 0 Å². The van der Waals surface area contributed by atoms with E-state index in [1.54, 1.807) is 0 Å². The summed E-state index contributed by atoms with van der Waals surface area (Å²) < 4.78 is 2.20. The maximum Gasteiger partial charge on any atom is 0.313 e. The number of carboxylic acids is 1. The summed E-state index contributed by atoms with van der Waals surface area (Å²) in [5, 5.41) is 18.9. The van der Waals surface area contributed by atoms with Crippen molar-refractivity contribution in [2.45, 2.75) is 61.9 Å². The van der Waals surface area contributed by atoms with Crippen LogP contribution in [-0.4, -0.2) is 43.1 Å². The SMILES string of the molecule is CSC1CCC(n2c(SCC(=O)O)nnc2C(C)C)CC1. The van der Waals surface area contributed by atoms with Crippen LogP contribution < -0.4 is 0 Å². The third kappa shape index (κ3) is 4.16. The van der Waals surface area contributed by atoms with Crippen molar-refractivity contribution in [3.8, 4) is 0 Å². The van der Waals surface area contributed by atoms with Gasteiger partial charge in [0.05, 0.1) is 5.75 Å². The smallest absolute Gasteiger partial charge is 0.313 e. The molecule has 1 fully saturated rings. The molecule has 0 bridgehead atoms. The fraction of sp³-hybridized carbons (Fsp3) is 0.786. The zero-order valence-electron chi connectivity index (χ0n) is 12.8. The summed E-state index contributed by atoms with van der Waals surface area (Å²) in [4.78, 5) is 10.8. The molecule has 1 aliphatic carbocycles. The number of thioether (sulfide) groups is 2. The molecule has 0 unspecified atom stereocenters. The molecule has 1 aliphatic rings. The summed E-state index contributed by atoms with van der Waals surface area (Å²) in [6.07, 6.45) is 6.86. The van der Waals surface area contributed by atoms with Crippen LogP contribution in [0.15, 0.2) is 5.16 Å². The van der Waals surface area contributed by atoms with Gasteiger partial charge in [-0.3, -0.25) is 4.79 Å². The third-order valence-corrected chi connectivity index (χ3v) is 5.94. The molecule has 1 heterocycles. The molecule has 2 rings (SSSR count). The average Bonchev–Trinajstić information content (AvgIpc) is 2.89. The molecule has 0 amide bonds. The quantitative estimate of drug-likeness (QED) is 0.807. The van der Waals surface area contributed by atoms with Gasteiger partial charge in [-0.25, -0.2) is 0 Å². The predicted octanol–water partition coefficient (Wildman–Crippen LogP) is 3.42. The Bertz CT molecular complexity index is 483. The van der Waals surface area contributed by atoms with Crippen LogP contribution in [0.3, 0.4) is 0 Å². The summed E-state index contributed by atoms with van der Waals surface area (Å²) in [5.74, 6) is 0.508. The monoisotopic (exact) mass is 329 g/mol. The van der Waals surface area contributed by atoms with Crippen LogP contribution in [0, 0.1) is 0 Å². The van der Waals surface area contributed by atoms with Crippen molar-refractivity contribution in [1.29, 1.82) is 0 Å². The molecule has 0 aliphatic heterocycles. The highest BCUT2D eigenvalue weighted by atomic mass is 32.2. The molecular formula is C14H23N3O2S2. The fourth-order valence-electron chi connectivity index (χ4n) is 2.79. The third-order valence-electron chi connectivity index (χ3n) is 3.87. The Morgan fingerprint density at radius 3 is 2.52 bits per heavy atom. The number of rotatable bonds is 6. The van der Waals surface area contributed by atoms with E-state index in [9.17, 15) is 4.79 Å². The van der Waals surface area contributed by atoms with Crippen LogP contribution in [0.5, 0.6) is 0 Å². The zero-order chi connectivity index (χ0) is 15.4. The molecule has 0 spiro atoms. The van der Waals surface area contributed by atoms with Crippen molar-refractivity contribution in [2.24, 2.45) is 0 Å². The van der Waals surface area contributed by atoms with Gasteiger partial charge >= 0.3 is 5.97 Å². The topological polar surface area (TPSA) is 68.0 Å². The van der Waals surface area contributed by atoms with Crippen molar-refractivity contribution in [2.75, 3.05) is 12.0 Å². The zero-order valence-corrected chi connectivity index (χ0v) is 14.4. The van der Waals surface area contributed by atoms with Crippen molar-refractivity contribution in [1.82, 2.24) is 14.8 Å². The first kappa shape index (κ1) is 16.7. The molecule has 21 heavy (non-hydrogen) atoms. The number of carboxylic acid groups (broad SMARTS) is 1. The molecule has 1 aromatic rings. The van der Waals surface area contributed by atoms with Gasteiger partial charge in [-0.1, -0.05) is 25.6 Å². The molecule has 0 atom stereocenters. The number of hydrogen-bond acceptors (Lipinski definition) is 5. The van der Waals surface area contributed by atoms with E-state index in [4.69, 9.17) is 5.11 Å². The number of carbonyl (C=O) groups is 1. The van der Waals surface area contributed by atoms with E-state index in [0.717, 1.165) is 29.1 Å². The van der Waals surface area contributed by atoms with Gasteiger partial charge in [-0.15, -0.1) is 10.2 Å². The van der Waals surface area contributed by atoms with Gasteiger partial charge < -0.3 is 9.67 Å². The Morgan fingerprint density at radius 1 is 1.33 bits per heavy atom. The molecule has 0 aromatic carbocycles. The van der Waals surface area contributed by atoms with Crippen LogP contribution in [0.1, 0.15) is 57.3 Å². The summed E-state index contributed by atoms with van der Waals surface area (Å²) in [7, 11) is 0. The standard InChI is InChI=1S/C14H23N3O2S2/c1-9(2)13-15-16-14(21-8-12(18)19)17(13)10-4-6-11(20-3)7-5-10/h9-11H,4-8H2,1-3H3,(H,18,19). The Morgan fingerprint density at radius 2 is 2.00 bits per heavy atom. The van der Waals surface area contributed by atoms with Crippen molar-refractivity contribution in [3.63, 3.8) is 0 Å². The lowest BCUT2D eigenvalue weighted by atomic mass is 9.94. The highest BCUT2D eigenvalue weighted by Crippen LogP contribution is 2.37. The Balaban J connectivity index is 2.18. The Kier molecular flexibility index (Phi) is 5.98. The van der Waals surface area contributed by atoms with Crippen LogP contribution in [-0.2, 0) is 4.79 Å². The molecule has 1 aromatic heterocycles. The first-order valence-electron chi connectivity index (χ1n) is 7.35. The number of aromatic nitrogens is 3. The summed E-state index contributed by atoms with van der Waals surface area (Å²) in [6.45, 7) is 4.22. The lowest BCUT2D eigenvalue weighted by Gasteiger charge is -2.30. The molecule has 118 valence electrons. The normalized spacial score (nSPS) is 22.7. The van der Waals surface area contributed by atoms with Crippen LogP contribution in [0.2, 0.25) is 0 Å². The minimum atomic E-state index is -0.813. The van der Waals surface area contributed by atoms with Gasteiger partial charge in [-0.05, 0) is 31.9 Å². The highest BCUT2D eigenvalue weighted by molar-refractivity contribution is 7.99. The second-order valence-corrected chi connectivity index (χ2v) is 7.79. The first-order valence-corrected chi connectivity index (χ1v) is 9.62. The van der Waals surface area contributed by atoms with Crippen LogP contribution >= 0.6 is 23.5 Å². The predicted molar refractivity (Wildman–Crippen MR) is 87.3 cm³/mol. The highest BCUT2D eigenvalue weighted by Gasteiger charge is 2.27. The second-order valence-electron chi connectivity index (χ2n) is 5.71. The van der Waals surface area contributed by atoms with Crippen LogP contribution in [0.25, 0.3) is 0 Å². The minimum absolute atomic E-state index is 0.0381. The lowest BCUT2D eigenvalue weighted by molar-refractivity contribution is -0.133. The summed E-state index contributed by atoms with van der Waals surface area (Å²) >= 11 is 3.23. The second kappa shape index (κ2) is 7.54.